The summed E-state index contributed by atoms with van der Waals surface area (Å²) in [4.78, 5) is 39.1. The summed E-state index contributed by atoms with van der Waals surface area (Å²) in [6.45, 7) is 0. The lowest BCUT2D eigenvalue weighted by atomic mass is 9.94. The third-order valence-electron chi connectivity index (χ3n) is 5.78. The van der Waals surface area contributed by atoms with E-state index in [0.29, 0.717) is 11.1 Å². The third kappa shape index (κ3) is 3.80. The summed E-state index contributed by atoms with van der Waals surface area (Å²) in [6, 6.07) is 12.8. The average Bonchev–Trinajstić information content (AvgIpc) is 3.29. The number of likely N-dealkylation sites (tertiary alicyclic amines) is 1. The minimum atomic E-state index is -3.34. The molecule has 166 valence electrons. The number of sulfone groups is 1. The molecule has 0 radical (unpaired) electrons. The maximum atomic E-state index is 13.0. The number of amides is 1. The van der Waals surface area contributed by atoms with E-state index < -0.39 is 39.6 Å². The number of ether oxygens (including phenoxy) is 1. The van der Waals surface area contributed by atoms with Crippen molar-refractivity contribution >= 4 is 33.3 Å². The quantitative estimate of drug-likeness (QED) is 0.325. The summed E-state index contributed by atoms with van der Waals surface area (Å²) in [6.07, 6.45) is 0.206. The normalized spacial score (nSPS) is 24.0. The van der Waals surface area contributed by atoms with E-state index in [4.69, 9.17) is 4.74 Å². The molecule has 2 aromatic carbocycles. The standard InChI is InChI=1S/C23H21NO7S/c1-31-23(28)16-9-7-14(8-10-16)19-18(20(25)15-5-3-2-4-6-15)21(26)22(27)24(19)17-11-12-32(29,30)13-17/h2-10,17,19,25H,11-13H2,1H3/b20-18+. The van der Waals surface area contributed by atoms with E-state index in [2.05, 4.69) is 0 Å². The van der Waals surface area contributed by atoms with E-state index in [-0.39, 0.29) is 34.8 Å². The van der Waals surface area contributed by atoms with E-state index >= 15 is 0 Å². The summed E-state index contributed by atoms with van der Waals surface area (Å²) in [5, 5.41) is 11.0. The highest BCUT2D eigenvalue weighted by Crippen LogP contribution is 2.42. The van der Waals surface area contributed by atoms with Gasteiger partial charge in [0.1, 0.15) is 5.76 Å². The van der Waals surface area contributed by atoms with Crippen molar-refractivity contribution in [3.05, 3.63) is 76.9 Å². The van der Waals surface area contributed by atoms with E-state index in [9.17, 15) is 27.9 Å². The molecule has 1 N–H and O–H groups in total. The fraction of sp³-hybridized carbons (Fsp3) is 0.261. The lowest BCUT2D eigenvalue weighted by molar-refractivity contribution is -0.141. The Morgan fingerprint density at radius 1 is 1.03 bits per heavy atom. The molecule has 9 heteroatoms. The molecule has 2 aromatic rings. The molecular formula is C23H21NO7S. The van der Waals surface area contributed by atoms with Crippen LogP contribution in [0.5, 0.6) is 0 Å². The Bertz CT molecular complexity index is 1220. The van der Waals surface area contributed by atoms with E-state index in [0.717, 1.165) is 0 Å². The number of rotatable bonds is 4. The van der Waals surface area contributed by atoms with Crippen LogP contribution in [0, 0.1) is 0 Å². The summed E-state index contributed by atoms with van der Waals surface area (Å²) in [5.41, 5.74) is 0.996. The van der Waals surface area contributed by atoms with Crippen LogP contribution in [0.15, 0.2) is 60.2 Å². The van der Waals surface area contributed by atoms with Gasteiger partial charge in [-0.05, 0) is 24.1 Å². The molecule has 2 aliphatic heterocycles. The number of carbonyl (C=O) groups is 3. The van der Waals surface area contributed by atoms with Crippen molar-refractivity contribution in [2.75, 3.05) is 18.6 Å². The maximum Gasteiger partial charge on any atom is 0.337 e. The van der Waals surface area contributed by atoms with Crippen molar-refractivity contribution in [2.45, 2.75) is 18.5 Å². The van der Waals surface area contributed by atoms with Gasteiger partial charge in [-0.2, -0.15) is 0 Å². The SMILES string of the molecule is COC(=O)c1ccc(C2/C(=C(\O)c3ccccc3)C(=O)C(=O)N2C2CCS(=O)(=O)C2)cc1. The van der Waals surface area contributed by atoms with Crippen LogP contribution in [0.1, 0.15) is 33.9 Å². The van der Waals surface area contributed by atoms with Gasteiger partial charge in [-0.25, -0.2) is 13.2 Å². The molecule has 0 saturated carbocycles. The Morgan fingerprint density at radius 2 is 1.69 bits per heavy atom. The molecule has 4 rings (SSSR count). The van der Waals surface area contributed by atoms with Crippen LogP contribution in [0.25, 0.3) is 5.76 Å². The van der Waals surface area contributed by atoms with Crippen LogP contribution in [0.2, 0.25) is 0 Å². The van der Waals surface area contributed by atoms with E-state index in [1.54, 1.807) is 42.5 Å². The number of hydrogen-bond acceptors (Lipinski definition) is 7. The molecule has 2 atom stereocenters. The molecule has 2 saturated heterocycles. The average molecular weight is 455 g/mol. The molecule has 0 spiro atoms. The van der Waals surface area contributed by atoms with Gasteiger partial charge in [0.2, 0.25) is 0 Å². The number of Topliss-reactive ketones (excluding diaryl/α,β-unsaturated/α-hetero) is 1. The van der Waals surface area contributed by atoms with E-state index in [1.807, 2.05) is 0 Å². The second-order valence-electron chi connectivity index (χ2n) is 7.74. The number of carbonyl (C=O) groups excluding carboxylic acids is 3. The van der Waals surface area contributed by atoms with Gasteiger partial charge >= 0.3 is 5.97 Å². The van der Waals surface area contributed by atoms with Gasteiger partial charge in [0.15, 0.2) is 9.84 Å². The molecule has 2 fully saturated rings. The Labute approximate surface area is 185 Å². The third-order valence-corrected chi connectivity index (χ3v) is 7.53. The number of ketones is 1. The number of esters is 1. The Hall–Kier alpha value is -3.46. The highest BCUT2D eigenvalue weighted by Gasteiger charge is 2.50. The van der Waals surface area contributed by atoms with Crippen molar-refractivity contribution in [1.29, 1.82) is 0 Å². The minimum absolute atomic E-state index is 0.0760. The zero-order valence-electron chi connectivity index (χ0n) is 17.2. The van der Waals surface area contributed by atoms with Crippen LogP contribution in [0.3, 0.4) is 0 Å². The van der Waals surface area contributed by atoms with Crippen molar-refractivity contribution in [1.82, 2.24) is 4.90 Å². The molecule has 8 nitrogen and oxygen atoms in total. The highest BCUT2D eigenvalue weighted by atomic mass is 32.2. The fourth-order valence-electron chi connectivity index (χ4n) is 4.22. The molecular weight excluding hydrogens is 434 g/mol. The second kappa shape index (κ2) is 8.23. The summed E-state index contributed by atoms with van der Waals surface area (Å²) in [7, 11) is -2.08. The van der Waals surface area contributed by atoms with Crippen molar-refractivity contribution in [3.63, 3.8) is 0 Å². The lowest BCUT2D eigenvalue weighted by Gasteiger charge is -2.30. The van der Waals surface area contributed by atoms with Gasteiger partial charge in [0.25, 0.3) is 11.7 Å². The maximum absolute atomic E-state index is 13.0. The molecule has 2 heterocycles. The monoisotopic (exact) mass is 455 g/mol. The van der Waals surface area contributed by atoms with Gasteiger partial charge in [0.05, 0.1) is 35.8 Å². The number of hydrogen-bond donors (Lipinski definition) is 1. The number of benzene rings is 2. The van der Waals surface area contributed by atoms with Gasteiger partial charge < -0.3 is 14.7 Å². The zero-order chi connectivity index (χ0) is 23.0. The molecule has 2 unspecified atom stereocenters. The highest BCUT2D eigenvalue weighted by molar-refractivity contribution is 7.91. The Balaban J connectivity index is 1.86. The predicted octanol–water partition coefficient (Wildman–Crippen LogP) is 2.08. The summed E-state index contributed by atoms with van der Waals surface area (Å²) >= 11 is 0. The largest absolute Gasteiger partial charge is 0.507 e. The first-order chi connectivity index (χ1) is 15.2. The number of nitrogens with zero attached hydrogens (tertiary/aromatic N) is 1. The smallest absolute Gasteiger partial charge is 0.337 e. The summed E-state index contributed by atoms with van der Waals surface area (Å²) < 4.78 is 28.9. The van der Waals surface area contributed by atoms with Gasteiger partial charge in [-0.15, -0.1) is 0 Å². The van der Waals surface area contributed by atoms with Crippen molar-refractivity contribution in [2.24, 2.45) is 0 Å². The first-order valence-electron chi connectivity index (χ1n) is 9.97. The molecule has 0 aliphatic carbocycles. The molecule has 1 amide bonds. The lowest BCUT2D eigenvalue weighted by Crippen LogP contribution is -2.40. The number of aliphatic hydroxyl groups is 1. The van der Waals surface area contributed by atoms with Gasteiger partial charge in [-0.3, -0.25) is 9.59 Å². The van der Waals surface area contributed by atoms with Crippen LogP contribution < -0.4 is 0 Å². The van der Waals surface area contributed by atoms with Crippen LogP contribution in [0.4, 0.5) is 0 Å². The van der Waals surface area contributed by atoms with Crippen molar-refractivity contribution in [3.8, 4) is 0 Å². The van der Waals surface area contributed by atoms with Crippen LogP contribution >= 0.6 is 0 Å². The van der Waals surface area contributed by atoms with Gasteiger partial charge in [0, 0.05) is 11.6 Å². The molecule has 0 aromatic heterocycles. The minimum Gasteiger partial charge on any atom is -0.507 e. The Morgan fingerprint density at radius 3 is 2.25 bits per heavy atom. The van der Waals surface area contributed by atoms with Crippen LogP contribution in [-0.4, -0.2) is 60.7 Å². The predicted molar refractivity (Wildman–Crippen MR) is 115 cm³/mol. The fourth-order valence-corrected chi connectivity index (χ4v) is 5.93. The number of methoxy groups -OCH3 is 1. The zero-order valence-corrected chi connectivity index (χ0v) is 18.0. The van der Waals surface area contributed by atoms with Crippen molar-refractivity contribution < 1.29 is 32.6 Å². The first-order valence-corrected chi connectivity index (χ1v) is 11.8. The molecule has 2 aliphatic rings. The summed E-state index contributed by atoms with van der Waals surface area (Å²) in [5.74, 6) is -2.94. The topological polar surface area (TPSA) is 118 Å². The second-order valence-corrected chi connectivity index (χ2v) is 9.97. The van der Waals surface area contributed by atoms with E-state index in [1.165, 1.54) is 24.1 Å². The number of aliphatic hydroxyl groups excluding tert-OH is 1. The van der Waals surface area contributed by atoms with Gasteiger partial charge in [-0.1, -0.05) is 42.5 Å². The molecule has 32 heavy (non-hydrogen) atoms. The molecule has 0 bridgehead atoms. The first kappa shape index (κ1) is 21.8. The Kier molecular flexibility index (Phi) is 5.60. The van der Waals surface area contributed by atoms with Crippen LogP contribution in [-0.2, 0) is 24.2 Å².